The van der Waals surface area contributed by atoms with Gasteiger partial charge in [-0.25, -0.2) is 9.59 Å². The molecule has 174 valence electrons. The van der Waals surface area contributed by atoms with Crippen molar-refractivity contribution >= 4 is 18.0 Å². The molecule has 4 atom stereocenters. The number of carboxylic acid groups (broad SMARTS) is 1. The second kappa shape index (κ2) is 9.62. The fourth-order valence-electron chi connectivity index (χ4n) is 4.47. The van der Waals surface area contributed by atoms with Crippen LogP contribution in [0.1, 0.15) is 37.3 Å². The molecule has 2 amide bonds. The number of benzene rings is 2. The summed E-state index contributed by atoms with van der Waals surface area (Å²) in [6.07, 6.45) is -1.22. The summed E-state index contributed by atoms with van der Waals surface area (Å²) < 4.78 is 10.7. The van der Waals surface area contributed by atoms with Gasteiger partial charge in [0.2, 0.25) is 5.91 Å². The van der Waals surface area contributed by atoms with Crippen LogP contribution in [0.3, 0.4) is 0 Å². The lowest BCUT2D eigenvalue weighted by molar-refractivity contribution is -0.148. The minimum absolute atomic E-state index is 0.0468. The standard InChI is InChI=1S/C25H28N2O6/c1-14(23(28)27-21-11-12-32-22(21)24(29)30)15(2)26-25(31)33-13-20-18-9-5-3-7-16(18)17-8-4-6-10-19(17)20/h3-10,14-15,20-22H,11-13H2,1-2H3,(H,26,31)(H,27,28)(H,29,30). The zero-order chi connectivity index (χ0) is 23.5. The Labute approximate surface area is 192 Å². The molecule has 33 heavy (non-hydrogen) atoms. The maximum absolute atomic E-state index is 12.6. The van der Waals surface area contributed by atoms with E-state index in [0.29, 0.717) is 6.42 Å². The highest BCUT2D eigenvalue weighted by Gasteiger charge is 2.36. The van der Waals surface area contributed by atoms with E-state index in [2.05, 4.69) is 22.8 Å². The van der Waals surface area contributed by atoms with Gasteiger partial charge in [0, 0.05) is 18.6 Å². The van der Waals surface area contributed by atoms with Crippen molar-refractivity contribution in [3.8, 4) is 11.1 Å². The van der Waals surface area contributed by atoms with Crippen molar-refractivity contribution in [2.24, 2.45) is 5.92 Å². The molecular formula is C25H28N2O6. The van der Waals surface area contributed by atoms with Gasteiger partial charge in [-0.15, -0.1) is 0 Å². The fraction of sp³-hybridized carbons (Fsp3) is 0.400. The Morgan fingerprint density at radius 2 is 1.67 bits per heavy atom. The summed E-state index contributed by atoms with van der Waals surface area (Å²) in [7, 11) is 0. The van der Waals surface area contributed by atoms with Crippen molar-refractivity contribution in [1.82, 2.24) is 10.6 Å². The van der Waals surface area contributed by atoms with Gasteiger partial charge < -0.3 is 25.2 Å². The quantitative estimate of drug-likeness (QED) is 0.595. The Hall–Kier alpha value is -3.39. The highest BCUT2D eigenvalue weighted by atomic mass is 16.5. The van der Waals surface area contributed by atoms with Crippen LogP contribution in [-0.4, -0.2) is 54.5 Å². The van der Waals surface area contributed by atoms with Gasteiger partial charge >= 0.3 is 12.1 Å². The van der Waals surface area contributed by atoms with Crippen LogP contribution in [0.2, 0.25) is 0 Å². The zero-order valence-electron chi connectivity index (χ0n) is 18.6. The minimum Gasteiger partial charge on any atom is -0.479 e. The molecule has 4 unspecified atom stereocenters. The Morgan fingerprint density at radius 3 is 2.27 bits per heavy atom. The molecule has 1 aliphatic carbocycles. The molecular weight excluding hydrogens is 424 g/mol. The molecule has 2 aromatic rings. The monoisotopic (exact) mass is 452 g/mol. The lowest BCUT2D eigenvalue weighted by Gasteiger charge is -2.24. The van der Waals surface area contributed by atoms with Crippen LogP contribution in [0.25, 0.3) is 11.1 Å². The average Bonchev–Trinajstić information content (AvgIpc) is 3.39. The maximum Gasteiger partial charge on any atom is 0.407 e. The van der Waals surface area contributed by atoms with E-state index in [-0.39, 0.29) is 25.0 Å². The largest absolute Gasteiger partial charge is 0.479 e. The van der Waals surface area contributed by atoms with Crippen LogP contribution < -0.4 is 10.6 Å². The molecule has 1 heterocycles. The summed E-state index contributed by atoms with van der Waals surface area (Å²) in [4.78, 5) is 36.3. The molecule has 8 nitrogen and oxygen atoms in total. The predicted octanol–water partition coefficient (Wildman–Crippen LogP) is 2.91. The number of fused-ring (bicyclic) bond motifs is 3. The Bertz CT molecular complexity index is 1010. The number of rotatable bonds is 7. The topological polar surface area (TPSA) is 114 Å². The number of nitrogens with one attached hydrogen (secondary N) is 2. The number of ether oxygens (including phenoxy) is 2. The van der Waals surface area contributed by atoms with Crippen LogP contribution in [0, 0.1) is 5.92 Å². The molecule has 4 rings (SSSR count). The number of hydrogen-bond acceptors (Lipinski definition) is 5. The summed E-state index contributed by atoms with van der Waals surface area (Å²) in [6.45, 7) is 3.86. The third kappa shape index (κ3) is 4.71. The van der Waals surface area contributed by atoms with Gasteiger partial charge in [-0.05, 0) is 35.6 Å². The molecule has 0 spiro atoms. The molecule has 0 bridgehead atoms. The van der Waals surface area contributed by atoms with Gasteiger partial charge in [0.15, 0.2) is 6.10 Å². The molecule has 0 radical (unpaired) electrons. The van der Waals surface area contributed by atoms with E-state index in [1.807, 2.05) is 36.4 Å². The normalized spacial score (nSPS) is 20.9. The smallest absolute Gasteiger partial charge is 0.407 e. The molecule has 1 aliphatic heterocycles. The number of carbonyl (C=O) groups is 3. The van der Waals surface area contributed by atoms with Gasteiger partial charge in [-0.1, -0.05) is 55.5 Å². The molecule has 1 fully saturated rings. The minimum atomic E-state index is -1.10. The van der Waals surface area contributed by atoms with Crippen molar-refractivity contribution in [2.45, 2.75) is 44.4 Å². The van der Waals surface area contributed by atoms with E-state index in [9.17, 15) is 19.5 Å². The molecule has 3 N–H and O–H groups in total. The van der Waals surface area contributed by atoms with Crippen LogP contribution in [-0.2, 0) is 19.1 Å². The SMILES string of the molecule is CC(NC(=O)OCC1c2ccccc2-c2ccccc21)C(C)C(=O)NC1CCOC1C(=O)O. The Morgan fingerprint density at radius 1 is 1.06 bits per heavy atom. The van der Waals surface area contributed by atoms with Crippen LogP contribution in [0.15, 0.2) is 48.5 Å². The van der Waals surface area contributed by atoms with E-state index in [0.717, 1.165) is 22.3 Å². The third-order valence-electron chi connectivity index (χ3n) is 6.52. The van der Waals surface area contributed by atoms with Crippen LogP contribution in [0.5, 0.6) is 0 Å². The summed E-state index contributed by atoms with van der Waals surface area (Å²) in [5.41, 5.74) is 4.55. The van der Waals surface area contributed by atoms with Crippen molar-refractivity contribution in [1.29, 1.82) is 0 Å². The Balaban J connectivity index is 1.32. The number of aliphatic carboxylic acids is 1. The first kappa shape index (κ1) is 22.8. The first-order chi connectivity index (χ1) is 15.9. The summed E-state index contributed by atoms with van der Waals surface area (Å²) in [5, 5.41) is 14.6. The average molecular weight is 453 g/mol. The summed E-state index contributed by atoms with van der Waals surface area (Å²) >= 11 is 0. The second-order valence-electron chi connectivity index (χ2n) is 8.58. The van der Waals surface area contributed by atoms with Crippen LogP contribution >= 0.6 is 0 Å². The van der Waals surface area contributed by atoms with Crippen molar-refractivity contribution < 1.29 is 29.0 Å². The second-order valence-corrected chi connectivity index (χ2v) is 8.58. The van der Waals surface area contributed by atoms with E-state index in [1.54, 1.807) is 13.8 Å². The summed E-state index contributed by atoms with van der Waals surface area (Å²) in [5.74, 6) is -2.08. The molecule has 1 saturated heterocycles. The van der Waals surface area contributed by atoms with Gasteiger partial charge in [0.1, 0.15) is 6.61 Å². The fourth-order valence-corrected chi connectivity index (χ4v) is 4.47. The van der Waals surface area contributed by atoms with E-state index in [4.69, 9.17) is 9.47 Å². The highest BCUT2D eigenvalue weighted by molar-refractivity contribution is 5.82. The van der Waals surface area contributed by atoms with E-state index >= 15 is 0 Å². The van der Waals surface area contributed by atoms with Crippen molar-refractivity contribution in [3.63, 3.8) is 0 Å². The van der Waals surface area contributed by atoms with Gasteiger partial charge in [0.25, 0.3) is 0 Å². The molecule has 8 heteroatoms. The first-order valence-corrected chi connectivity index (χ1v) is 11.1. The van der Waals surface area contributed by atoms with Crippen molar-refractivity contribution in [3.05, 3.63) is 59.7 Å². The molecule has 0 saturated carbocycles. The predicted molar refractivity (Wildman–Crippen MR) is 121 cm³/mol. The Kier molecular flexibility index (Phi) is 6.65. The van der Waals surface area contributed by atoms with Gasteiger partial charge in [0.05, 0.1) is 12.0 Å². The van der Waals surface area contributed by atoms with Crippen molar-refractivity contribution in [2.75, 3.05) is 13.2 Å². The maximum atomic E-state index is 12.6. The van der Waals surface area contributed by atoms with E-state index < -0.39 is 36.2 Å². The third-order valence-corrected chi connectivity index (χ3v) is 6.52. The number of carbonyl (C=O) groups excluding carboxylic acids is 2. The number of carboxylic acids is 1. The number of hydrogen-bond donors (Lipinski definition) is 3. The van der Waals surface area contributed by atoms with Gasteiger partial charge in [-0.2, -0.15) is 0 Å². The zero-order valence-corrected chi connectivity index (χ0v) is 18.6. The lowest BCUT2D eigenvalue weighted by atomic mass is 9.98. The molecule has 2 aliphatic rings. The lowest BCUT2D eigenvalue weighted by Crippen LogP contribution is -2.50. The van der Waals surface area contributed by atoms with Crippen LogP contribution in [0.4, 0.5) is 4.79 Å². The number of alkyl carbamates (subject to hydrolysis) is 1. The molecule has 0 aromatic heterocycles. The molecule has 2 aromatic carbocycles. The number of amides is 2. The van der Waals surface area contributed by atoms with Gasteiger partial charge in [-0.3, -0.25) is 4.79 Å². The summed E-state index contributed by atoms with van der Waals surface area (Å²) in [6, 6.07) is 15.1. The first-order valence-electron chi connectivity index (χ1n) is 11.1. The van der Waals surface area contributed by atoms with E-state index in [1.165, 1.54) is 0 Å². The highest BCUT2D eigenvalue weighted by Crippen LogP contribution is 2.44.